The number of anilines is 1. The number of piperidine rings is 1. The molecular weight excluding hydrogens is 380 g/mol. The second kappa shape index (κ2) is 8.81. The molecule has 10 heteroatoms. The van der Waals surface area contributed by atoms with E-state index in [1.165, 1.54) is 12.1 Å². The van der Waals surface area contributed by atoms with E-state index in [0.717, 1.165) is 30.1 Å². The average molecular weight is 403 g/mol. The van der Waals surface area contributed by atoms with Crippen LogP contribution in [-0.4, -0.2) is 56.8 Å². The minimum atomic E-state index is -3.77. The van der Waals surface area contributed by atoms with Crippen molar-refractivity contribution in [3.05, 3.63) is 24.3 Å². The zero-order valence-corrected chi connectivity index (χ0v) is 15.9. The quantitative estimate of drug-likeness (QED) is 0.671. The van der Waals surface area contributed by atoms with Gasteiger partial charge in [0.25, 0.3) is 0 Å². The number of nitrogens with one attached hydrogen (secondary N) is 3. The van der Waals surface area contributed by atoms with E-state index >= 15 is 0 Å². The SMILES string of the molecule is Cl.O=C1CN(S(=O)(=O)c2cccc(NC(=O)C3CCCCN3)c2)CCN1. The molecule has 1 atom stereocenters. The molecule has 2 heterocycles. The fraction of sp³-hybridized carbons (Fsp3) is 0.500. The molecule has 1 aromatic carbocycles. The highest BCUT2D eigenvalue weighted by atomic mass is 35.5. The number of halogens is 1. The van der Waals surface area contributed by atoms with Crippen molar-refractivity contribution >= 4 is 39.9 Å². The maximum Gasteiger partial charge on any atom is 0.243 e. The molecule has 26 heavy (non-hydrogen) atoms. The molecule has 0 radical (unpaired) electrons. The Morgan fingerprint density at radius 3 is 2.73 bits per heavy atom. The van der Waals surface area contributed by atoms with E-state index in [4.69, 9.17) is 0 Å². The van der Waals surface area contributed by atoms with Crippen LogP contribution in [0.1, 0.15) is 19.3 Å². The van der Waals surface area contributed by atoms with Crippen LogP contribution in [0.15, 0.2) is 29.2 Å². The van der Waals surface area contributed by atoms with Crippen LogP contribution >= 0.6 is 12.4 Å². The fourth-order valence-electron chi connectivity index (χ4n) is 3.01. The first-order valence-corrected chi connectivity index (χ1v) is 9.82. The molecule has 0 aliphatic carbocycles. The van der Waals surface area contributed by atoms with Crippen LogP contribution in [0.5, 0.6) is 0 Å². The van der Waals surface area contributed by atoms with Gasteiger partial charge in [0.1, 0.15) is 0 Å². The molecule has 144 valence electrons. The van der Waals surface area contributed by atoms with Gasteiger partial charge in [0, 0.05) is 18.8 Å². The van der Waals surface area contributed by atoms with E-state index in [9.17, 15) is 18.0 Å². The van der Waals surface area contributed by atoms with Crippen LogP contribution in [0.2, 0.25) is 0 Å². The van der Waals surface area contributed by atoms with Crippen LogP contribution in [0.3, 0.4) is 0 Å². The van der Waals surface area contributed by atoms with Crippen LogP contribution < -0.4 is 16.0 Å². The van der Waals surface area contributed by atoms with Crippen molar-refractivity contribution in [1.29, 1.82) is 0 Å². The summed E-state index contributed by atoms with van der Waals surface area (Å²) in [6, 6.07) is 5.89. The van der Waals surface area contributed by atoms with Gasteiger partial charge in [0.05, 0.1) is 17.5 Å². The molecule has 8 nitrogen and oxygen atoms in total. The van der Waals surface area contributed by atoms with E-state index in [2.05, 4.69) is 16.0 Å². The summed E-state index contributed by atoms with van der Waals surface area (Å²) in [5.41, 5.74) is 0.430. The van der Waals surface area contributed by atoms with Crippen molar-refractivity contribution < 1.29 is 18.0 Å². The lowest BCUT2D eigenvalue weighted by molar-refractivity contribution is -0.122. The lowest BCUT2D eigenvalue weighted by Crippen LogP contribution is -2.49. The molecule has 1 aromatic rings. The molecule has 0 saturated carbocycles. The van der Waals surface area contributed by atoms with E-state index in [0.29, 0.717) is 12.2 Å². The van der Waals surface area contributed by atoms with Gasteiger partial charge in [0.2, 0.25) is 21.8 Å². The van der Waals surface area contributed by atoms with Crippen molar-refractivity contribution in [1.82, 2.24) is 14.9 Å². The van der Waals surface area contributed by atoms with Crippen molar-refractivity contribution in [2.75, 3.05) is 31.5 Å². The van der Waals surface area contributed by atoms with Gasteiger partial charge in [-0.25, -0.2) is 8.42 Å². The van der Waals surface area contributed by atoms with Gasteiger partial charge in [-0.3, -0.25) is 9.59 Å². The van der Waals surface area contributed by atoms with E-state index in [1.54, 1.807) is 12.1 Å². The Kier molecular flexibility index (Phi) is 6.99. The summed E-state index contributed by atoms with van der Waals surface area (Å²) < 4.78 is 26.5. The molecule has 2 fully saturated rings. The summed E-state index contributed by atoms with van der Waals surface area (Å²) >= 11 is 0. The summed E-state index contributed by atoms with van der Waals surface area (Å²) in [7, 11) is -3.77. The number of rotatable bonds is 4. The monoisotopic (exact) mass is 402 g/mol. The lowest BCUT2D eigenvalue weighted by atomic mass is 10.0. The summed E-state index contributed by atoms with van der Waals surface area (Å²) in [6.45, 7) is 1.15. The number of amides is 2. The number of nitrogens with zero attached hydrogens (tertiary/aromatic N) is 1. The molecule has 0 bridgehead atoms. The predicted molar refractivity (Wildman–Crippen MR) is 99.7 cm³/mol. The molecule has 1 unspecified atom stereocenters. The second-order valence-electron chi connectivity index (χ2n) is 6.21. The van der Waals surface area contributed by atoms with Crippen LogP contribution in [0, 0.1) is 0 Å². The van der Waals surface area contributed by atoms with E-state index in [1.807, 2.05) is 0 Å². The van der Waals surface area contributed by atoms with Crippen molar-refractivity contribution in [2.24, 2.45) is 0 Å². The van der Waals surface area contributed by atoms with Crippen LogP contribution in [-0.2, 0) is 19.6 Å². The van der Waals surface area contributed by atoms with E-state index < -0.39 is 10.0 Å². The van der Waals surface area contributed by atoms with Crippen molar-refractivity contribution in [3.63, 3.8) is 0 Å². The van der Waals surface area contributed by atoms with Gasteiger partial charge in [-0.15, -0.1) is 12.4 Å². The molecule has 3 N–H and O–H groups in total. The highest BCUT2D eigenvalue weighted by Crippen LogP contribution is 2.21. The highest BCUT2D eigenvalue weighted by molar-refractivity contribution is 7.89. The smallest absolute Gasteiger partial charge is 0.243 e. The first kappa shape index (κ1) is 20.6. The number of piperazine rings is 1. The molecule has 2 amide bonds. The van der Waals surface area contributed by atoms with Gasteiger partial charge in [-0.2, -0.15) is 4.31 Å². The Morgan fingerprint density at radius 2 is 2.04 bits per heavy atom. The fourth-order valence-corrected chi connectivity index (χ4v) is 4.45. The Balaban J connectivity index is 0.00000243. The standard InChI is InChI=1S/C16H22N4O4S.ClH/c21-15-11-20(9-8-18-15)25(23,24)13-5-3-4-12(10-13)19-16(22)14-6-1-2-7-17-14;/h3-5,10,14,17H,1-2,6-9,11H2,(H,18,21)(H,19,22);1H. The summed E-state index contributed by atoms with van der Waals surface area (Å²) in [6.07, 6.45) is 2.82. The van der Waals surface area contributed by atoms with Crippen LogP contribution in [0.4, 0.5) is 5.69 Å². The van der Waals surface area contributed by atoms with Gasteiger partial charge in [-0.05, 0) is 37.6 Å². The normalized spacial score (nSPS) is 21.4. The summed E-state index contributed by atoms with van der Waals surface area (Å²) in [5.74, 6) is -0.478. The minimum Gasteiger partial charge on any atom is -0.354 e. The molecular formula is C16H23ClN4O4S. The number of hydrogen-bond donors (Lipinski definition) is 3. The summed E-state index contributed by atoms with van der Waals surface area (Å²) in [5, 5.41) is 8.53. The third kappa shape index (κ3) is 4.73. The van der Waals surface area contributed by atoms with Gasteiger partial charge < -0.3 is 16.0 Å². The second-order valence-corrected chi connectivity index (χ2v) is 8.15. The third-order valence-electron chi connectivity index (χ3n) is 4.37. The Bertz CT molecular complexity index is 765. The van der Waals surface area contributed by atoms with Crippen molar-refractivity contribution in [2.45, 2.75) is 30.2 Å². The zero-order valence-electron chi connectivity index (χ0n) is 14.2. The Labute approximate surface area is 159 Å². The predicted octanol–water partition coefficient (Wildman–Crippen LogP) is 0.310. The van der Waals surface area contributed by atoms with Gasteiger partial charge >= 0.3 is 0 Å². The molecule has 0 spiro atoms. The first-order valence-electron chi connectivity index (χ1n) is 8.38. The largest absolute Gasteiger partial charge is 0.354 e. The third-order valence-corrected chi connectivity index (χ3v) is 6.21. The molecule has 2 aliphatic rings. The number of benzene rings is 1. The Hall–Kier alpha value is -1.68. The molecule has 2 aliphatic heterocycles. The molecule has 0 aromatic heterocycles. The van der Waals surface area contributed by atoms with Crippen molar-refractivity contribution in [3.8, 4) is 0 Å². The maximum atomic E-state index is 12.7. The maximum absolute atomic E-state index is 12.7. The van der Waals surface area contributed by atoms with Crippen LogP contribution in [0.25, 0.3) is 0 Å². The lowest BCUT2D eigenvalue weighted by Gasteiger charge is -2.26. The summed E-state index contributed by atoms with van der Waals surface area (Å²) in [4.78, 5) is 23.8. The Morgan fingerprint density at radius 1 is 1.23 bits per heavy atom. The number of carbonyl (C=O) groups excluding carboxylic acids is 2. The molecule has 3 rings (SSSR count). The molecule has 2 saturated heterocycles. The number of carbonyl (C=O) groups is 2. The topological polar surface area (TPSA) is 108 Å². The van der Waals surface area contributed by atoms with E-state index in [-0.39, 0.29) is 48.2 Å². The van der Waals surface area contributed by atoms with Gasteiger partial charge in [0.15, 0.2) is 0 Å². The minimum absolute atomic E-state index is 0. The number of hydrogen-bond acceptors (Lipinski definition) is 5. The zero-order chi connectivity index (χ0) is 17.9. The average Bonchev–Trinajstić information content (AvgIpc) is 2.62. The van der Waals surface area contributed by atoms with Gasteiger partial charge in [-0.1, -0.05) is 12.5 Å². The number of sulfonamides is 1. The highest BCUT2D eigenvalue weighted by Gasteiger charge is 2.29. The first-order chi connectivity index (χ1) is 12.0.